The van der Waals surface area contributed by atoms with Crippen molar-refractivity contribution in [1.82, 2.24) is 10.0 Å². The minimum absolute atomic E-state index is 0.0597. The maximum atomic E-state index is 11.9. The van der Waals surface area contributed by atoms with Gasteiger partial charge in [-0.15, -0.1) is 0 Å². The lowest BCUT2D eigenvalue weighted by atomic mass is 10.4. The molecule has 0 saturated heterocycles. The highest BCUT2D eigenvalue weighted by Gasteiger charge is 2.17. The van der Waals surface area contributed by atoms with E-state index < -0.39 is 16.1 Å². The number of carbonyl (C=O) groups excluding carboxylic acids is 1. The molecule has 0 unspecified atom stereocenters. The Morgan fingerprint density at radius 2 is 1.94 bits per heavy atom. The normalized spacial score (nSPS) is 11.2. The van der Waals surface area contributed by atoms with Crippen molar-refractivity contribution in [2.45, 2.75) is 4.90 Å². The maximum Gasteiger partial charge on any atom is 0.312 e. The van der Waals surface area contributed by atoms with Crippen molar-refractivity contribution in [3.05, 3.63) is 27.1 Å². The summed E-state index contributed by atoms with van der Waals surface area (Å²) in [6.07, 6.45) is 0. The molecule has 0 aliphatic rings. The molecule has 1 aromatic carbocycles. The van der Waals surface area contributed by atoms with E-state index in [0.717, 1.165) is 0 Å². The number of benzene rings is 1. The highest BCUT2D eigenvalue weighted by Crippen LogP contribution is 2.25. The van der Waals surface area contributed by atoms with Gasteiger partial charge in [-0.25, -0.2) is 17.9 Å². The van der Waals surface area contributed by atoms with Crippen LogP contribution in [0.2, 0.25) is 0 Å². The van der Waals surface area contributed by atoms with Gasteiger partial charge in [-0.1, -0.05) is 15.9 Å². The molecule has 0 atom stereocenters. The molecule has 18 heavy (non-hydrogen) atoms. The predicted molar refractivity (Wildman–Crippen MR) is 74.6 cm³/mol. The summed E-state index contributed by atoms with van der Waals surface area (Å²) in [5.41, 5.74) is 4.86. The molecule has 0 aliphatic carbocycles. The van der Waals surface area contributed by atoms with Gasteiger partial charge in [0.2, 0.25) is 10.0 Å². The van der Waals surface area contributed by atoms with Crippen molar-refractivity contribution in [2.75, 3.05) is 13.1 Å². The lowest BCUT2D eigenvalue weighted by Gasteiger charge is -2.09. The van der Waals surface area contributed by atoms with E-state index >= 15 is 0 Å². The Morgan fingerprint density at radius 1 is 1.28 bits per heavy atom. The molecule has 1 rings (SSSR count). The summed E-state index contributed by atoms with van der Waals surface area (Å²) in [7, 11) is -3.63. The number of primary amides is 1. The van der Waals surface area contributed by atoms with Gasteiger partial charge in [0.25, 0.3) is 0 Å². The van der Waals surface area contributed by atoms with Crippen molar-refractivity contribution in [1.29, 1.82) is 0 Å². The Labute approximate surface area is 122 Å². The molecule has 0 radical (unpaired) electrons. The first-order valence-corrected chi connectivity index (χ1v) is 7.88. The molecule has 1 aromatic rings. The van der Waals surface area contributed by atoms with E-state index in [-0.39, 0.29) is 18.0 Å². The SMILES string of the molecule is NC(=O)NCCNS(=O)(=O)c1cc(Br)ccc1Br. The Hall–Kier alpha value is -0.640. The minimum atomic E-state index is -3.63. The maximum absolute atomic E-state index is 11.9. The molecule has 9 heteroatoms. The van der Waals surface area contributed by atoms with Crippen LogP contribution in [0.4, 0.5) is 4.79 Å². The lowest BCUT2D eigenvalue weighted by Crippen LogP contribution is -2.37. The summed E-state index contributed by atoms with van der Waals surface area (Å²) in [6, 6.07) is 4.13. The Balaban J connectivity index is 2.74. The molecule has 0 aromatic heterocycles. The summed E-state index contributed by atoms with van der Waals surface area (Å²) < 4.78 is 27.4. The molecule has 0 saturated carbocycles. The predicted octanol–water partition coefficient (Wildman–Crippen LogP) is 1.16. The number of rotatable bonds is 5. The first kappa shape index (κ1) is 15.4. The fourth-order valence-electron chi connectivity index (χ4n) is 1.13. The van der Waals surface area contributed by atoms with Crippen LogP contribution in [0.15, 0.2) is 32.0 Å². The lowest BCUT2D eigenvalue weighted by molar-refractivity contribution is 0.249. The molecule has 0 heterocycles. The van der Waals surface area contributed by atoms with E-state index in [9.17, 15) is 13.2 Å². The number of nitrogens with one attached hydrogen (secondary N) is 2. The zero-order chi connectivity index (χ0) is 13.8. The van der Waals surface area contributed by atoms with Gasteiger partial charge in [0.05, 0.1) is 4.90 Å². The van der Waals surface area contributed by atoms with Crippen LogP contribution in [-0.2, 0) is 10.0 Å². The third kappa shape index (κ3) is 4.56. The summed E-state index contributed by atoms with van der Waals surface area (Å²) in [4.78, 5) is 10.5. The number of nitrogens with two attached hydrogens (primary N) is 1. The van der Waals surface area contributed by atoms with E-state index in [1.807, 2.05) is 0 Å². The van der Waals surface area contributed by atoms with Crippen molar-refractivity contribution in [2.24, 2.45) is 5.73 Å². The minimum Gasteiger partial charge on any atom is -0.352 e. The van der Waals surface area contributed by atoms with E-state index in [4.69, 9.17) is 5.73 Å². The third-order valence-corrected chi connectivity index (χ3v) is 4.85. The van der Waals surface area contributed by atoms with Gasteiger partial charge in [-0.2, -0.15) is 0 Å². The first-order chi connectivity index (χ1) is 8.33. The Morgan fingerprint density at radius 3 is 2.56 bits per heavy atom. The van der Waals surface area contributed by atoms with Crippen LogP contribution < -0.4 is 15.8 Å². The molecule has 0 bridgehead atoms. The summed E-state index contributed by atoms with van der Waals surface area (Å²) in [6.45, 7) is 0.185. The zero-order valence-electron chi connectivity index (χ0n) is 9.11. The molecule has 0 fully saturated rings. The number of carbonyl (C=O) groups is 1. The van der Waals surface area contributed by atoms with E-state index in [2.05, 4.69) is 41.9 Å². The number of amides is 2. The second-order valence-electron chi connectivity index (χ2n) is 3.26. The standard InChI is InChI=1S/C9H11Br2N3O3S/c10-6-1-2-7(11)8(5-6)18(16,17)14-4-3-13-9(12)15/h1-2,5,14H,3-4H2,(H3,12,13,15). The average molecular weight is 401 g/mol. The van der Waals surface area contributed by atoms with Crippen molar-refractivity contribution < 1.29 is 13.2 Å². The largest absolute Gasteiger partial charge is 0.352 e. The average Bonchev–Trinajstić information content (AvgIpc) is 2.27. The first-order valence-electron chi connectivity index (χ1n) is 4.81. The van der Waals surface area contributed by atoms with Crippen molar-refractivity contribution >= 4 is 47.9 Å². The van der Waals surface area contributed by atoms with Crippen molar-refractivity contribution in [3.63, 3.8) is 0 Å². The van der Waals surface area contributed by atoms with Gasteiger partial charge in [0, 0.05) is 22.0 Å². The van der Waals surface area contributed by atoms with Gasteiger partial charge >= 0.3 is 6.03 Å². The number of hydrogen-bond acceptors (Lipinski definition) is 3. The highest BCUT2D eigenvalue weighted by molar-refractivity contribution is 9.11. The van der Waals surface area contributed by atoms with E-state index in [0.29, 0.717) is 8.95 Å². The fourth-order valence-corrected chi connectivity index (χ4v) is 3.66. The van der Waals surface area contributed by atoms with Crippen molar-refractivity contribution in [3.8, 4) is 0 Å². The van der Waals surface area contributed by atoms with Gasteiger partial charge in [-0.05, 0) is 34.1 Å². The zero-order valence-corrected chi connectivity index (χ0v) is 13.1. The van der Waals surface area contributed by atoms with Gasteiger partial charge in [0.1, 0.15) is 0 Å². The summed E-state index contributed by atoms with van der Waals surface area (Å²) >= 11 is 6.37. The van der Waals surface area contributed by atoms with E-state index in [1.165, 1.54) is 6.07 Å². The second kappa shape index (κ2) is 6.50. The quantitative estimate of drug-likeness (QED) is 0.646. The molecule has 6 nitrogen and oxygen atoms in total. The highest BCUT2D eigenvalue weighted by atomic mass is 79.9. The molecule has 2 amide bonds. The van der Waals surface area contributed by atoms with Gasteiger partial charge in [0.15, 0.2) is 0 Å². The molecule has 4 N–H and O–H groups in total. The van der Waals surface area contributed by atoms with E-state index in [1.54, 1.807) is 12.1 Å². The van der Waals surface area contributed by atoms with Crippen LogP contribution in [0, 0.1) is 0 Å². The fraction of sp³-hybridized carbons (Fsp3) is 0.222. The van der Waals surface area contributed by atoms with Crippen LogP contribution >= 0.6 is 31.9 Å². The third-order valence-electron chi connectivity index (χ3n) is 1.90. The molecule has 0 aliphatic heterocycles. The molecule has 0 spiro atoms. The van der Waals surface area contributed by atoms with Crippen LogP contribution in [0.3, 0.4) is 0 Å². The molecule has 100 valence electrons. The number of sulfonamides is 1. The smallest absolute Gasteiger partial charge is 0.312 e. The molecular formula is C9H11Br2N3O3S. The number of urea groups is 1. The summed E-state index contributed by atoms with van der Waals surface area (Å²) in [5.74, 6) is 0. The second-order valence-corrected chi connectivity index (χ2v) is 6.77. The monoisotopic (exact) mass is 399 g/mol. The molecular weight excluding hydrogens is 390 g/mol. The topological polar surface area (TPSA) is 101 Å². The number of hydrogen-bond donors (Lipinski definition) is 3. The van der Waals surface area contributed by atoms with Gasteiger partial charge < -0.3 is 11.1 Å². The number of halogens is 2. The Bertz CT molecular complexity index is 548. The summed E-state index contributed by atoms with van der Waals surface area (Å²) in [5, 5.41) is 2.29. The Kier molecular flexibility index (Phi) is 5.57. The van der Waals surface area contributed by atoms with Gasteiger partial charge in [-0.3, -0.25) is 0 Å². The van der Waals surface area contributed by atoms with Crippen LogP contribution in [0.5, 0.6) is 0 Å². The van der Waals surface area contributed by atoms with Crippen LogP contribution in [0.1, 0.15) is 0 Å². The van der Waals surface area contributed by atoms with Crippen LogP contribution in [-0.4, -0.2) is 27.5 Å². The van der Waals surface area contributed by atoms with Crippen LogP contribution in [0.25, 0.3) is 0 Å².